The molecule has 0 bridgehead atoms. The molecule has 0 unspecified atom stereocenters. The van der Waals surface area contributed by atoms with Gasteiger partial charge in [0.05, 0.1) is 28.4 Å². The van der Waals surface area contributed by atoms with Crippen molar-refractivity contribution in [3.63, 3.8) is 0 Å². The molecule has 1 aliphatic heterocycles. The van der Waals surface area contributed by atoms with Crippen molar-refractivity contribution in [2.75, 3.05) is 11.4 Å². The number of carbonyl (C=O) groups excluding carboxylic acids is 1. The number of amidine groups is 1. The molecular weight excluding hydrogens is 369 g/mol. The van der Waals surface area contributed by atoms with Crippen LogP contribution in [0.2, 0.25) is 0 Å². The Kier molecular flexibility index (Phi) is 5.13. The third kappa shape index (κ3) is 3.46. The van der Waals surface area contributed by atoms with Gasteiger partial charge in [-0.15, -0.1) is 0 Å². The monoisotopic (exact) mass is 387 g/mol. The highest BCUT2D eigenvalue weighted by Gasteiger charge is 2.49. The number of alkyl halides is 3. The van der Waals surface area contributed by atoms with Crippen molar-refractivity contribution in [2.45, 2.75) is 32.0 Å². The number of hydrogen-bond donors (Lipinski definition) is 1. The van der Waals surface area contributed by atoms with Crippen LogP contribution in [0.1, 0.15) is 31.4 Å². The van der Waals surface area contributed by atoms with E-state index in [4.69, 9.17) is 10.7 Å². The average molecular weight is 387 g/mol. The van der Waals surface area contributed by atoms with Crippen LogP contribution in [0.5, 0.6) is 0 Å². The van der Waals surface area contributed by atoms with Crippen molar-refractivity contribution >= 4 is 17.6 Å². The maximum absolute atomic E-state index is 13.3. The molecule has 28 heavy (non-hydrogen) atoms. The van der Waals surface area contributed by atoms with E-state index in [1.54, 1.807) is 13.8 Å². The van der Waals surface area contributed by atoms with Gasteiger partial charge in [0.15, 0.2) is 0 Å². The molecule has 1 saturated heterocycles. The number of benzene rings is 1. The molecule has 3 rings (SSSR count). The summed E-state index contributed by atoms with van der Waals surface area (Å²) >= 11 is 0. The predicted octanol–water partition coefficient (Wildman–Crippen LogP) is 4.37. The van der Waals surface area contributed by atoms with Crippen LogP contribution >= 0.6 is 0 Å². The maximum atomic E-state index is 13.3. The van der Waals surface area contributed by atoms with Crippen LogP contribution in [0.3, 0.4) is 0 Å². The van der Waals surface area contributed by atoms with Gasteiger partial charge in [-0.2, -0.15) is 18.4 Å². The predicted molar refractivity (Wildman–Crippen MR) is 97.6 cm³/mol. The van der Waals surface area contributed by atoms with E-state index < -0.39 is 28.9 Å². The molecule has 1 heterocycles. The molecule has 1 N–H and O–H groups in total. The zero-order valence-corrected chi connectivity index (χ0v) is 15.3. The summed E-state index contributed by atoms with van der Waals surface area (Å²) < 4.78 is 39.9. The number of nitriles is 1. The molecule has 1 aromatic carbocycles. The summed E-state index contributed by atoms with van der Waals surface area (Å²) in [6, 6.07) is 4.00. The topological polar surface area (TPSA) is 71.2 Å². The Hall–Kier alpha value is -2.56. The molecule has 2 amide bonds. The highest BCUT2D eigenvalue weighted by Crippen LogP contribution is 2.38. The molecule has 8 heteroatoms. The summed E-state index contributed by atoms with van der Waals surface area (Å²) in [5.41, 5.74) is -2.70. The molecule has 145 valence electrons. The summed E-state index contributed by atoms with van der Waals surface area (Å²) in [5, 5.41) is 17.3. The minimum absolute atomic E-state index is 0.0785. The van der Waals surface area contributed by atoms with Crippen LogP contribution < -0.4 is 4.90 Å². The van der Waals surface area contributed by atoms with Gasteiger partial charge in [-0.3, -0.25) is 5.41 Å². The fourth-order valence-corrected chi connectivity index (χ4v) is 3.30. The molecule has 5 nitrogen and oxygen atoms in total. The largest absolute Gasteiger partial charge is 0.417 e. The van der Waals surface area contributed by atoms with Crippen molar-refractivity contribution < 1.29 is 18.0 Å². The van der Waals surface area contributed by atoms with Crippen LogP contribution in [0, 0.1) is 48.3 Å². The zero-order chi connectivity index (χ0) is 20.7. The first-order valence-electron chi connectivity index (χ1n) is 8.60. The number of anilines is 1. The third-order valence-corrected chi connectivity index (χ3v) is 4.94. The lowest BCUT2D eigenvalue weighted by Crippen LogP contribution is -2.44. The number of hydrogen-bond acceptors (Lipinski definition) is 3. The molecular formula is C20H18F3N4O. The molecule has 1 saturated carbocycles. The number of halogens is 3. The highest BCUT2D eigenvalue weighted by atomic mass is 19.4. The summed E-state index contributed by atoms with van der Waals surface area (Å²) in [6.45, 7) is 3.70. The first kappa shape index (κ1) is 20.2. The summed E-state index contributed by atoms with van der Waals surface area (Å²) in [4.78, 5) is 15.4. The second kappa shape index (κ2) is 7.12. The quantitative estimate of drug-likeness (QED) is 0.833. The van der Waals surface area contributed by atoms with Gasteiger partial charge in [-0.05, 0) is 70.1 Å². The second-order valence-corrected chi connectivity index (χ2v) is 7.06. The van der Waals surface area contributed by atoms with Crippen molar-refractivity contribution in [3.05, 3.63) is 60.9 Å². The summed E-state index contributed by atoms with van der Waals surface area (Å²) in [6.07, 6.45) is 3.45. The molecule has 1 aromatic rings. The van der Waals surface area contributed by atoms with Gasteiger partial charge in [0.1, 0.15) is 5.84 Å². The van der Waals surface area contributed by atoms with Gasteiger partial charge in [-0.1, -0.05) is 0 Å². The van der Waals surface area contributed by atoms with Gasteiger partial charge >= 0.3 is 12.2 Å². The van der Waals surface area contributed by atoms with E-state index in [2.05, 4.69) is 0 Å². The lowest BCUT2D eigenvalue weighted by Gasteiger charge is -2.29. The van der Waals surface area contributed by atoms with Gasteiger partial charge in [-0.25, -0.2) is 9.69 Å². The Morgan fingerprint density at radius 3 is 2.43 bits per heavy atom. The minimum Gasteiger partial charge on any atom is -0.312 e. The molecule has 2 aliphatic rings. The van der Waals surface area contributed by atoms with Crippen molar-refractivity contribution in [3.8, 4) is 6.07 Å². The fourth-order valence-electron chi connectivity index (χ4n) is 3.30. The summed E-state index contributed by atoms with van der Waals surface area (Å²) in [7, 11) is 0. The highest BCUT2D eigenvalue weighted by molar-refractivity contribution is 6.24. The van der Waals surface area contributed by atoms with Crippen molar-refractivity contribution in [1.82, 2.24) is 4.90 Å². The molecule has 2 fully saturated rings. The van der Waals surface area contributed by atoms with Crippen LogP contribution in [-0.2, 0) is 6.18 Å². The van der Waals surface area contributed by atoms with E-state index in [-0.39, 0.29) is 11.5 Å². The minimum atomic E-state index is -4.74. The van der Waals surface area contributed by atoms with E-state index in [1.807, 2.05) is 25.7 Å². The number of nitrogens with one attached hydrogen (secondary N) is 1. The molecule has 0 atom stereocenters. The second-order valence-electron chi connectivity index (χ2n) is 7.06. The average Bonchev–Trinajstić information content (AvgIpc) is 3.19. The number of carbonyl (C=O) groups is 1. The summed E-state index contributed by atoms with van der Waals surface area (Å²) in [5.74, 6) is 0.921. The number of nitrogens with zero attached hydrogens (tertiary/aromatic N) is 3. The van der Waals surface area contributed by atoms with Gasteiger partial charge in [0, 0.05) is 6.54 Å². The molecule has 0 aromatic heterocycles. The van der Waals surface area contributed by atoms with E-state index in [1.165, 1.54) is 17.0 Å². The first-order chi connectivity index (χ1) is 13.1. The number of rotatable bonds is 4. The molecule has 5 radical (unpaired) electrons. The van der Waals surface area contributed by atoms with Gasteiger partial charge in [0.2, 0.25) is 0 Å². The smallest absolute Gasteiger partial charge is 0.312 e. The van der Waals surface area contributed by atoms with Crippen LogP contribution in [0.15, 0.2) is 18.2 Å². The van der Waals surface area contributed by atoms with Crippen LogP contribution in [0.25, 0.3) is 0 Å². The zero-order valence-electron chi connectivity index (χ0n) is 15.3. The lowest BCUT2D eigenvalue weighted by atomic mass is 9.99. The Labute approximate surface area is 162 Å². The maximum Gasteiger partial charge on any atom is 0.417 e. The number of urea groups is 1. The Bertz CT molecular complexity index is 835. The molecule has 1 aliphatic carbocycles. The van der Waals surface area contributed by atoms with Gasteiger partial charge < -0.3 is 4.90 Å². The standard InChI is InChI=1S/C20H18F3N4O/c1-19(2)17(25)27(18(28)26(19)10-9-13-5-3-4-6-13)15-8-7-14(12-24)16(11-15)20(21,22)23/h3-8,11,25H,9-10H2,1-2H3. The van der Waals surface area contributed by atoms with E-state index in [9.17, 15) is 18.0 Å². The van der Waals surface area contributed by atoms with Gasteiger partial charge in [0.25, 0.3) is 0 Å². The normalized spacial score (nSPS) is 20.1. The SMILES string of the molecule is CC1(C)C(=N)N(c2ccc(C#N)c(C(F)(F)F)c2)C(=O)N1CC[C]1[CH][CH][CH][CH]1. The van der Waals surface area contributed by atoms with Crippen molar-refractivity contribution in [1.29, 1.82) is 10.7 Å². The fraction of sp³-hybridized carbons (Fsp3) is 0.300. The van der Waals surface area contributed by atoms with E-state index in [0.29, 0.717) is 13.0 Å². The Balaban J connectivity index is 1.91. The van der Waals surface area contributed by atoms with Crippen molar-refractivity contribution in [2.24, 2.45) is 0 Å². The van der Waals surface area contributed by atoms with Crippen LogP contribution in [0.4, 0.5) is 23.7 Å². The van der Waals surface area contributed by atoms with E-state index >= 15 is 0 Å². The third-order valence-electron chi connectivity index (χ3n) is 4.94. The molecule has 0 spiro atoms. The lowest BCUT2D eigenvalue weighted by molar-refractivity contribution is -0.137. The Morgan fingerprint density at radius 1 is 1.21 bits per heavy atom. The first-order valence-corrected chi connectivity index (χ1v) is 8.60. The Morgan fingerprint density at radius 2 is 1.86 bits per heavy atom. The van der Waals surface area contributed by atoms with Crippen LogP contribution in [-0.4, -0.2) is 28.9 Å². The van der Waals surface area contributed by atoms with E-state index in [0.717, 1.165) is 23.0 Å². The number of amides is 2.